The molecule has 10 nitrogen and oxygen atoms in total. The van der Waals surface area contributed by atoms with Gasteiger partial charge in [0.1, 0.15) is 11.8 Å². The number of ether oxygens (including phenoxy) is 1. The maximum Gasteiger partial charge on any atom is 0.471 e. The highest BCUT2D eigenvalue weighted by Gasteiger charge is 2.13. The molecule has 0 amide bonds. The molecule has 0 atom stereocenters. The molecule has 104 valence electrons. The van der Waals surface area contributed by atoms with E-state index in [-0.39, 0.29) is 12.4 Å². The summed E-state index contributed by atoms with van der Waals surface area (Å²) in [6, 6.07) is 0. The Balaban J connectivity index is 1.89. The number of hydrogen-bond donors (Lipinski definition) is 3. The molecule has 0 spiro atoms. The van der Waals surface area contributed by atoms with E-state index in [0.29, 0.717) is 17.7 Å². The number of nitrogens with two attached hydrogens (primary N) is 1. The average molecular weight is 289 g/mol. The third-order valence-corrected chi connectivity index (χ3v) is 2.65. The Bertz CT molecular complexity index is 611. The Morgan fingerprint density at radius 1 is 1.37 bits per heavy atom. The topological polar surface area (TPSA) is 146 Å². The molecule has 0 aromatic carbocycles. The summed E-state index contributed by atoms with van der Waals surface area (Å²) in [5.41, 5.74) is 6.69. The van der Waals surface area contributed by atoms with E-state index in [1.54, 1.807) is 4.57 Å². The smallest absolute Gasteiger partial charge is 0.382 e. The molecule has 2 heterocycles. The van der Waals surface area contributed by atoms with Crippen LogP contribution in [0.4, 0.5) is 5.82 Å². The standard InChI is InChI=1S/C8H12N5O5P/c9-7-6-8(11-3-10-7)13(4-12-6)1-2-17-5-18-19(14,15)16/h3-4H,1-2,5H2,(H2,9,10,11)(H2,14,15,16). The molecule has 0 bridgehead atoms. The van der Waals surface area contributed by atoms with Crippen LogP contribution in [0, 0.1) is 0 Å². The van der Waals surface area contributed by atoms with Crippen LogP contribution >= 0.6 is 7.82 Å². The predicted molar refractivity (Wildman–Crippen MR) is 63.7 cm³/mol. The Morgan fingerprint density at radius 3 is 2.89 bits per heavy atom. The summed E-state index contributed by atoms with van der Waals surface area (Å²) in [7, 11) is -4.49. The van der Waals surface area contributed by atoms with Gasteiger partial charge in [-0.25, -0.2) is 19.5 Å². The van der Waals surface area contributed by atoms with Gasteiger partial charge in [0, 0.05) is 6.54 Å². The van der Waals surface area contributed by atoms with E-state index < -0.39 is 14.6 Å². The van der Waals surface area contributed by atoms with Crippen LogP contribution < -0.4 is 5.73 Å². The minimum absolute atomic E-state index is 0.176. The number of phosphoric acid groups is 1. The number of rotatable bonds is 6. The van der Waals surface area contributed by atoms with Gasteiger partial charge in [0.15, 0.2) is 18.3 Å². The van der Waals surface area contributed by atoms with Crippen molar-refractivity contribution in [3.05, 3.63) is 12.7 Å². The molecule has 0 saturated carbocycles. The van der Waals surface area contributed by atoms with Gasteiger partial charge in [-0.3, -0.25) is 4.52 Å². The van der Waals surface area contributed by atoms with Crippen LogP contribution in [0.1, 0.15) is 0 Å². The molecule has 0 aliphatic carbocycles. The highest BCUT2D eigenvalue weighted by atomic mass is 31.2. The van der Waals surface area contributed by atoms with Gasteiger partial charge in [0.2, 0.25) is 0 Å². The molecule has 19 heavy (non-hydrogen) atoms. The van der Waals surface area contributed by atoms with Crippen molar-refractivity contribution < 1.29 is 23.6 Å². The highest BCUT2D eigenvalue weighted by molar-refractivity contribution is 7.46. The monoisotopic (exact) mass is 289 g/mol. The van der Waals surface area contributed by atoms with E-state index in [9.17, 15) is 4.57 Å². The number of imidazole rings is 1. The second-order valence-electron chi connectivity index (χ2n) is 3.51. The molecule has 0 saturated heterocycles. The van der Waals surface area contributed by atoms with Crippen molar-refractivity contribution in [2.75, 3.05) is 19.1 Å². The highest BCUT2D eigenvalue weighted by Crippen LogP contribution is 2.35. The zero-order valence-corrected chi connectivity index (χ0v) is 10.6. The number of hydrogen-bond acceptors (Lipinski definition) is 7. The third kappa shape index (κ3) is 3.69. The van der Waals surface area contributed by atoms with Crippen molar-refractivity contribution in [3.8, 4) is 0 Å². The van der Waals surface area contributed by atoms with Gasteiger partial charge in [0.05, 0.1) is 12.9 Å². The lowest BCUT2D eigenvalue weighted by molar-refractivity contribution is -0.00445. The van der Waals surface area contributed by atoms with E-state index in [0.717, 1.165) is 0 Å². The van der Waals surface area contributed by atoms with Crippen molar-refractivity contribution in [2.45, 2.75) is 6.54 Å². The molecular weight excluding hydrogens is 277 g/mol. The largest absolute Gasteiger partial charge is 0.471 e. The second kappa shape index (κ2) is 5.59. The SMILES string of the molecule is Nc1ncnc2c1ncn2CCOCOP(=O)(O)O. The number of anilines is 1. The Kier molecular flexibility index (Phi) is 4.08. The van der Waals surface area contributed by atoms with E-state index in [1.807, 2.05) is 0 Å². The predicted octanol–water partition coefficient (Wildman–Crippen LogP) is -0.508. The molecule has 2 aromatic rings. The zero-order valence-electron chi connectivity index (χ0n) is 9.71. The average Bonchev–Trinajstić information content (AvgIpc) is 2.72. The molecule has 11 heteroatoms. The molecule has 0 fully saturated rings. The summed E-state index contributed by atoms with van der Waals surface area (Å²) < 4.78 is 21.1. The van der Waals surface area contributed by atoms with Crippen LogP contribution in [0.2, 0.25) is 0 Å². The summed E-state index contributed by atoms with van der Waals surface area (Å²) in [6.45, 7) is 0.0703. The number of aromatic nitrogens is 4. The summed E-state index contributed by atoms with van der Waals surface area (Å²) in [5, 5.41) is 0. The molecule has 2 aromatic heterocycles. The van der Waals surface area contributed by atoms with Gasteiger partial charge in [0.25, 0.3) is 0 Å². The molecule has 2 rings (SSSR count). The quantitative estimate of drug-likeness (QED) is 0.363. The Morgan fingerprint density at radius 2 is 2.16 bits per heavy atom. The van der Waals surface area contributed by atoms with Crippen LogP contribution in [0.25, 0.3) is 11.2 Å². The van der Waals surface area contributed by atoms with E-state index >= 15 is 0 Å². The maximum atomic E-state index is 10.4. The Hall–Kier alpha value is -1.58. The first-order chi connectivity index (χ1) is 8.97. The molecule has 0 radical (unpaired) electrons. The number of phosphoric ester groups is 1. The van der Waals surface area contributed by atoms with Gasteiger partial charge in [-0.2, -0.15) is 0 Å². The normalized spacial score (nSPS) is 12.1. The first-order valence-electron chi connectivity index (χ1n) is 5.16. The summed E-state index contributed by atoms with van der Waals surface area (Å²) in [5.74, 6) is 0.287. The fourth-order valence-corrected chi connectivity index (χ4v) is 1.60. The summed E-state index contributed by atoms with van der Waals surface area (Å²) in [4.78, 5) is 28.8. The molecule has 0 aliphatic heterocycles. The summed E-state index contributed by atoms with van der Waals surface area (Å²) in [6.07, 6.45) is 2.86. The fourth-order valence-electron chi connectivity index (χ4n) is 1.39. The van der Waals surface area contributed by atoms with Crippen molar-refractivity contribution in [2.24, 2.45) is 0 Å². The number of fused-ring (bicyclic) bond motifs is 1. The van der Waals surface area contributed by atoms with E-state index in [2.05, 4.69) is 19.5 Å². The lowest BCUT2D eigenvalue weighted by atomic mass is 10.5. The van der Waals surface area contributed by atoms with Gasteiger partial charge in [-0.15, -0.1) is 0 Å². The van der Waals surface area contributed by atoms with Gasteiger partial charge >= 0.3 is 7.82 Å². The van der Waals surface area contributed by atoms with Crippen LogP contribution in [0.5, 0.6) is 0 Å². The zero-order chi connectivity index (χ0) is 13.9. The van der Waals surface area contributed by atoms with E-state index in [1.165, 1.54) is 12.7 Å². The van der Waals surface area contributed by atoms with Crippen molar-refractivity contribution >= 4 is 24.8 Å². The maximum absolute atomic E-state index is 10.4. The van der Waals surface area contributed by atoms with Gasteiger partial charge in [-0.1, -0.05) is 0 Å². The van der Waals surface area contributed by atoms with Gasteiger partial charge in [-0.05, 0) is 0 Å². The fraction of sp³-hybridized carbons (Fsp3) is 0.375. The molecule has 0 aliphatic rings. The van der Waals surface area contributed by atoms with Crippen LogP contribution in [0.3, 0.4) is 0 Å². The first-order valence-corrected chi connectivity index (χ1v) is 6.69. The second-order valence-corrected chi connectivity index (χ2v) is 4.75. The minimum atomic E-state index is -4.49. The van der Waals surface area contributed by atoms with Crippen LogP contribution in [-0.4, -0.2) is 42.7 Å². The molecule has 4 N–H and O–H groups in total. The molecule has 0 unspecified atom stereocenters. The van der Waals surface area contributed by atoms with Crippen molar-refractivity contribution in [1.82, 2.24) is 19.5 Å². The first kappa shape index (κ1) is 13.8. The van der Waals surface area contributed by atoms with Crippen LogP contribution in [-0.2, 0) is 20.4 Å². The lowest BCUT2D eigenvalue weighted by Crippen LogP contribution is -2.08. The Labute approximate surface area is 107 Å². The third-order valence-electron chi connectivity index (χ3n) is 2.21. The number of nitrogen functional groups attached to an aromatic ring is 1. The van der Waals surface area contributed by atoms with Gasteiger partial charge < -0.3 is 24.8 Å². The van der Waals surface area contributed by atoms with Crippen molar-refractivity contribution in [1.29, 1.82) is 0 Å². The lowest BCUT2D eigenvalue weighted by Gasteiger charge is -2.07. The minimum Gasteiger partial charge on any atom is -0.382 e. The van der Waals surface area contributed by atoms with Crippen LogP contribution in [0.15, 0.2) is 12.7 Å². The van der Waals surface area contributed by atoms with Crippen molar-refractivity contribution in [3.63, 3.8) is 0 Å². The van der Waals surface area contributed by atoms with E-state index in [4.69, 9.17) is 20.3 Å². The molecular formula is C8H12N5O5P. The summed E-state index contributed by atoms with van der Waals surface area (Å²) >= 11 is 0. The number of nitrogens with zero attached hydrogens (tertiary/aromatic N) is 4.